The summed E-state index contributed by atoms with van der Waals surface area (Å²) in [6.45, 7) is 4.79. The Kier molecular flexibility index (Phi) is 6.75. The van der Waals surface area contributed by atoms with E-state index >= 15 is 0 Å². The Bertz CT molecular complexity index is 1130. The van der Waals surface area contributed by atoms with Crippen LogP contribution in [0.25, 0.3) is 0 Å². The van der Waals surface area contributed by atoms with Gasteiger partial charge in [-0.1, -0.05) is 36.4 Å². The Morgan fingerprint density at radius 2 is 1.76 bits per heavy atom. The van der Waals surface area contributed by atoms with Crippen molar-refractivity contribution in [2.45, 2.75) is 13.5 Å². The second-order valence-electron chi connectivity index (χ2n) is 7.53. The Labute approximate surface area is 190 Å². The fourth-order valence-electron chi connectivity index (χ4n) is 3.66. The lowest BCUT2D eigenvalue weighted by Crippen LogP contribution is -2.46. The van der Waals surface area contributed by atoms with Crippen LogP contribution in [0.15, 0.2) is 60.9 Å². The van der Waals surface area contributed by atoms with E-state index in [4.69, 9.17) is 9.47 Å². The molecule has 0 spiro atoms. The summed E-state index contributed by atoms with van der Waals surface area (Å²) in [4.78, 5) is 35.0. The number of hydrogen-bond donors (Lipinski definition) is 0. The van der Waals surface area contributed by atoms with E-state index in [0.717, 1.165) is 19.6 Å². The molecule has 0 aliphatic carbocycles. The van der Waals surface area contributed by atoms with Crippen molar-refractivity contribution in [1.82, 2.24) is 14.9 Å². The molecule has 10 heteroatoms. The Hall–Kier alpha value is -4.05. The van der Waals surface area contributed by atoms with E-state index in [1.165, 1.54) is 24.9 Å². The number of ether oxygens (including phenoxy) is 2. The van der Waals surface area contributed by atoms with Gasteiger partial charge in [0.1, 0.15) is 17.8 Å². The molecule has 1 aliphatic rings. The third kappa shape index (κ3) is 5.60. The third-order valence-corrected chi connectivity index (χ3v) is 5.15. The van der Waals surface area contributed by atoms with Crippen molar-refractivity contribution in [3.63, 3.8) is 0 Å². The highest BCUT2D eigenvalue weighted by Gasteiger charge is 2.30. The Morgan fingerprint density at radius 1 is 1.03 bits per heavy atom. The maximum Gasteiger partial charge on any atom is 0.373 e. The maximum atomic E-state index is 11.9. The predicted molar refractivity (Wildman–Crippen MR) is 120 cm³/mol. The molecule has 2 heterocycles. The van der Waals surface area contributed by atoms with E-state index in [2.05, 4.69) is 27.0 Å². The first-order chi connectivity index (χ1) is 16.0. The quantitative estimate of drug-likeness (QED) is 0.232. The van der Waals surface area contributed by atoms with Gasteiger partial charge in [0.25, 0.3) is 0 Å². The van der Waals surface area contributed by atoms with Crippen molar-refractivity contribution in [1.29, 1.82) is 0 Å². The topological polar surface area (TPSA) is 111 Å². The summed E-state index contributed by atoms with van der Waals surface area (Å²) in [6.07, 6.45) is 1.25. The minimum absolute atomic E-state index is 0.170. The molecule has 0 N–H and O–H groups in total. The van der Waals surface area contributed by atoms with Crippen LogP contribution in [0, 0.1) is 10.1 Å². The van der Waals surface area contributed by atoms with Gasteiger partial charge in [-0.2, -0.15) is 4.98 Å². The highest BCUT2D eigenvalue weighted by atomic mass is 16.6. The van der Waals surface area contributed by atoms with Gasteiger partial charge in [0, 0.05) is 45.7 Å². The van der Waals surface area contributed by atoms with Gasteiger partial charge < -0.3 is 14.4 Å². The van der Waals surface area contributed by atoms with Gasteiger partial charge in [0.15, 0.2) is 0 Å². The molecule has 1 aromatic heterocycles. The van der Waals surface area contributed by atoms with Gasteiger partial charge in [-0.15, -0.1) is 0 Å². The number of nitro groups is 1. The lowest BCUT2D eigenvalue weighted by atomic mass is 10.2. The molecule has 0 atom stereocenters. The van der Waals surface area contributed by atoms with Gasteiger partial charge in [-0.25, -0.2) is 4.98 Å². The highest BCUT2D eigenvalue weighted by molar-refractivity contribution is 5.69. The first-order valence-electron chi connectivity index (χ1n) is 10.5. The largest absolute Gasteiger partial charge is 0.433 e. The van der Waals surface area contributed by atoms with Gasteiger partial charge >= 0.3 is 17.5 Å². The number of rotatable bonds is 7. The Balaban J connectivity index is 1.50. The van der Waals surface area contributed by atoms with Crippen LogP contribution in [-0.4, -0.2) is 51.9 Å². The van der Waals surface area contributed by atoms with E-state index in [9.17, 15) is 14.9 Å². The molecule has 0 radical (unpaired) electrons. The number of nitrogens with zero attached hydrogens (tertiary/aromatic N) is 5. The van der Waals surface area contributed by atoms with Crippen LogP contribution in [-0.2, 0) is 11.3 Å². The van der Waals surface area contributed by atoms with Crippen LogP contribution in [0.2, 0.25) is 0 Å². The van der Waals surface area contributed by atoms with Crippen molar-refractivity contribution >= 4 is 17.5 Å². The Morgan fingerprint density at radius 3 is 2.45 bits per heavy atom. The van der Waals surface area contributed by atoms with Crippen LogP contribution >= 0.6 is 0 Å². The summed E-state index contributed by atoms with van der Waals surface area (Å²) in [6, 6.07) is 16.5. The van der Waals surface area contributed by atoms with Crippen LogP contribution in [0.3, 0.4) is 0 Å². The maximum absolute atomic E-state index is 11.9. The van der Waals surface area contributed by atoms with Crippen LogP contribution in [0.5, 0.6) is 17.4 Å². The fraction of sp³-hybridized carbons (Fsp3) is 0.261. The molecule has 0 amide bonds. The van der Waals surface area contributed by atoms with E-state index < -0.39 is 10.9 Å². The summed E-state index contributed by atoms with van der Waals surface area (Å²) in [5, 5.41) is 11.9. The summed E-state index contributed by atoms with van der Waals surface area (Å²) in [5.74, 6) is 0.103. The van der Waals surface area contributed by atoms with Crippen molar-refractivity contribution in [3.05, 3.63) is 76.6 Å². The molecular formula is C23H23N5O5. The summed E-state index contributed by atoms with van der Waals surface area (Å²) >= 11 is 0. The second kappa shape index (κ2) is 10.0. The standard InChI is InChI=1S/C23H23N5O5/c1-17(29)32-19-8-5-9-20(14-19)33-23-21(28(30)31)22(24-16-25-23)27-12-10-26(11-13-27)15-18-6-3-2-4-7-18/h2-9,14,16H,10-13,15H2,1H3. The lowest BCUT2D eigenvalue weighted by molar-refractivity contribution is -0.385. The molecule has 4 rings (SSSR count). The molecule has 170 valence electrons. The smallest absolute Gasteiger partial charge is 0.373 e. The summed E-state index contributed by atoms with van der Waals surface area (Å²) in [5.41, 5.74) is 0.928. The van der Waals surface area contributed by atoms with Gasteiger partial charge in [-0.05, 0) is 17.7 Å². The number of hydrogen-bond acceptors (Lipinski definition) is 9. The summed E-state index contributed by atoms with van der Waals surface area (Å²) < 4.78 is 10.7. The number of carbonyl (C=O) groups excluding carboxylic acids is 1. The average Bonchev–Trinajstić information content (AvgIpc) is 2.80. The molecule has 0 unspecified atom stereocenters. The minimum Gasteiger partial charge on any atom is -0.433 e. The first kappa shape index (κ1) is 22.2. The molecule has 0 saturated carbocycles. The summed E-state index contributed by atoms with van der Waals surface area (Å²) in [7, 11) is 0. The molecule has 2 aromatic carbocycles. The molecule has 33 heavy (non-hydrogen) atoms. The van der Waals surface area contributed by atoms with E-state index in [1.807, 2.05) is 23.1 Å². The zero-order valence-electron chi connectivity index (χ0n) is 18.1. The van der Waals surface area contributed by atoms with E-state index in [-0.39, 0.29) is 28.9 Å². The van der Waals surface area contributed by atoms with Crippen molar-refractivity contribution in [2.24, 2.45) is 0 Å². The van der Waals surface area contributed by atoms with E-state index in [0.29, 0.717) is 13.1 Å². The molecular weight excluding hydrogens is 426 g/mol. The number of piperazine rings is 1. The van der Waals surface area contributed by atoms with Crippen molar-refractivity contribution in [2.75, 3.05) is 31.1 Å². The zero-order chi connectivity index (χ0) is 23.2. The molecule has 10 nitrogen and oxygen atoms in total. The number of aromatic nitrogens is 2. The van der Waals surface area contributed by atoms with Crippen molar-refractivity contribution < 1.29 is 19.2 Å². The van der Waals surface area contributed by atoms with Gasteiger partial charge in [0.2, 0.25) is 5.82 Å². The van der Waals surface area contributed by atoms with Crippen LogP contribution in [0.4, 0.5) is 11.5 Å². The first-order valence-corrected chi connectivity index (χ1v) is 10.5. The number of anilines is 1. The fourth-order valence-corrected chi connectivity index (χ4v) is 3.66. The number of carbonyl (C=O) groups is 1. The molecule has 0 bridgehead atoms. The average molecular weight is 449 g/mol. The zero-order valence-corrected chi connectivity index (χ0v) is 18.1. The monoisotopic (exact) mass is 449 g/mol. The van der Waals surface area contributed by atoms with Gasteiger partial charge in [-0.3, -0.25) is 19.8 Å². The van der Waals surface area contributed by atoms with E-state index in [1.54, 1.807) is 18.2 Å². The highest BCUT2D eigenvalue weighted by Crippen LogP contribution is 2.37. The number of esters is 1. The van der Waals surface area contributed by atoms with Crippen molar-refractivity contribution in [3.8, 4) is 17.4 Å². The SMILES string of the molecule is CC(=O)Oc1cccc(Oc2ncnc(N3CCN(Cc4ccccc4)CC3)c2[N+](=O)[O-])c1. The number of benzene rings is 2. The molecule has 1 aliphatic heterocycles. The van der Waals surface area contributed by atoms with Gasteiger partial charge in [0.05, 0.1) is 4.92 Å². The second-order valence-corrected chi connectivity index (χ2v) is 7.53. The molecule has 1 fully saturated rings. The molecule has 3 aromatic rings. The minimum atomic E-state index is -0.531. The van der Waals surface area contributed by atoms with Crippen LogP contribution in [0.1, 0.15) is 12.5 Å². The normalized spacial score (nSPS) is 14.0. The van der Waals surface area contributed by atoms with Crippen LogP contribution < -0.4 is 14.4 Å². The predicted octanol–water partition coefficient (Wildman–Crippen LogP) is 3.42. The molecule has 1 saturated heterocycles. The third-order valence-electron chi connectivity index (χ3n) is 5.15. The lowest BCUT2D eigenvalue weighted by Gasteiger charge is -2.35.